The van der Waals surface area contributed by atoms with E-state index in [2.05, 4.69) is 4.90 Å². The highest BCUT2D eigenvalue weighted by Gasteiger charge is 2.50. The highest BCUT2D eigenvalue weighted by molar-refractivity contribution is 5.79. The van der Waals surface area contributed by atoms with Gasteiger partial charge < -0.3 is 10.2 Å². The lowest BCUT2D eigenvalue weighted by Gasteiger charge is -2.43. The van der Waals surface area contributed by atoms with Crippen molar-refractivity contribution in [2.24, 2.45) is 0 Å². The monoisotopic (exact) mass is 241 g/mol. The van der Waals surface area contributed by atoms with Gasteiger partial charge in [-0.05, 0) is 38.6 Å². The molecule has 2 rings (SSSR count). The molecule has 1 aliphatic heterocycles. The van der Waals surface area contributed by atoms with Crippen molar-refractivity contribution in [3.8, 4) is 0 Å². The van der Waals surface area contributed by atoms with Crippen molar-refractivity contribution in [1.82, 2.24) is 4.90 Å². The third-order valence-corrected chi connectivity index (χ3v) is 4.62. The highest BCUT2D eigenvalue weighted by atomic mass is 16.4. The second-order valence-electron chi connectivity index (χ2n) is 5.41. The smallest absolute Gasteiger partial charge is 0.324 e. The molecule has 1 heterocycles. The lowest BCUT2D eigenvalue weighted by atomic mass is 9.86. The number of aliphatic hydroxyl groups is 1. The van der Waals surface area contributed by atoms with Crippen molar-refractivity contribution in [3.63, 3.8) is 0 Å². The Balaban J connectivity index is 2.20. The number of rotatable bonds is 3. The molecule has 1 aliphatic carbocycles. The Hall–Kier alpha value is -0.610. The third kappa shape index (κ3) is 2.08. The summed E-state index contributed by atoms with van der Waals surface area (Å²) in [5.74, 6) is -0.713. The molecule has 2 aliphatic rings. The summed E-state index contributed by atoms with van der Waals surface area (Å²) in [5, 5.41) is 19.6. The molecule has 17 heavy (non-hydrogen) atoms. The van der Waals surface area contributed by atoms with E-state index in [1.54, 1.807) is 0 Å². The predicted octanol–water partition coefficient (Wildman–Crippen LogP) is 1.62. The Morgan fingerprint density at radius 1 is 1.35 bits per heavy atom. The van der Waals surface area contributed by atoms with Gasteiger partial charge in [-0.3, -0.25) is 9.69 Å². The largest absolute Gasteiger partial charge is 0.480 e. The maximum atomic E-state index is 11.6. The molecule has 0 spiro atoms. The van der Waals surface area contributed by atoms with Crippen LogP contribution in [0.25, 0.3) is 0 Å². The molecule has 3 atom stereocenters. The molecule has 0 aromatic rings. The van der Waals surface area contributed by atoms with Gasteiger partial charge in [0.1, 0.15) is 5.54 Å². The van der Waals surface area contributed by atoms with Crippen LogP contribution in [0.4, 0.5) is 0 Å². The van der Waals surface area contributed by atoms with Gasteiger partial charge in [-0.15, -0.1) is 0 Å². The van der Waals surface area contributed by atoms with Crippen LogP contribution >= 0.6 is 0 Å². The SMILES string of the molecule is CCC1(C(=O)O)CCCN1C1CCCCC1O. The second-order valence-corrected chi connectivity index (χ2v) is 5.41. The van der Waals surface area contributed by atoms with E-state index < -0.39 is 11.5 Å². The van der Waals surface area contributed by atoms with E-state index in [0.717, 1.165) is 45.1 Å². The molecular weight excluding hydrogens is 218 g/mol. The summed E-state index contributed by atoms with van der Waals surface area (Å²) in [5.41, 5.74) is -0.719. The van der Waals surface area contributed by atoms with Crippen LogP contribution in [-0.4, -0.2) is 45.3 Å². The standard InChI is InChI=1S/C13H23NO3/c1-2-13(12(16)17)8-5-9-14(13)10-6-3-4-7-11(10)15/h10-11,15H,2-9H2,1H3,(H,16,17). The van der Waals surface area contributed by atoms with Crippen LogP contribution in [-0.2, 0) is 4.79 Å². The lowest BCUT2D eigenvalue weighted by Crippen LogP contribution is -2.58. The number of carboxylic acid groups (broad SMARTS) is 1. The van der Waals surface area contributed by atoms with E-state index >= 15 is 0 Å². The van der Waals surface area contributed by atoms with E-state index in [1.807, 2.05) is 6.92 Å². The molecule has 0 amide bonds. The van der Waals surface area contributed by atoms with Gasteiger partial charge in [-0.2, -0.15) is 0 Å². The zero-order chi connectivity index (χ0) is 12.5. The van der Waals surface area contributed by atoms with Crippen molar-refractivity contribution in [1.29, 1.82) is 0 Å². The summed E-state index contributed by atoms with van der Waals surface area (Å²) in [6, 6.07) is 0.0577. The van der Waals surface area contributed by atoms with Gasteiger partial charge in [0.2, 0.25) is 0 Å². The summed E-state index contributed by atoms with van der Waals surface area (Å²) in [7, 11) is 0. The molecule has 4 nitrogen and oxygen atoms in total. The molecule has 98 valence electrons. The van der Waals surface area contributed by atoms with E-state index in [4.69, 9.17) is 0 Å². The average Bonchev–Trinajstić information content (AvgIpc) is 2.74. The topological polar surface area (TPSA) is 60.8 Å². The molecular formula is C13H23NO3. The fourth-order valence-corrected chi connectivity index (χ4v) is 3.60. The lowest BCUT2D eigenvalue weighted by molar-refractivity contribution is -0.153. The van der Waals surface area contributed by atoms with E-state index in [1.165, 1.54) is 0 Å². The van der Waals surface area contributed by atoms with Gasteiger partial charge in [0.15, 0.2) is 0 Å². The van der Waals surface area contributed by atoms with Crippen LogP contribution in [0.2, 0.25) is 0 Å². The number of hydrogen-bond donors (Lipinski definition) is 2. The number of hydrogen-bond acceptors (Lipinski definition) is 3. The fraction of sp³-hybridized carbons (Fsp3) is 0.923. The number of aliphatic hydroxyl groups excluding tert-OH is 1. The average molecular weight is 241 g/mol. The first-order valence-corrected chi connectivity index (χ1v) is 6.80. The molecule has 2 N–H and O–H groups in total. The first-order chi connectivity index (χ1) is 8.12. The fourth-order valence-electron chi connectivity index (χ4n) is 3.60. The predicted molar refractivity (Wildman–Crippen MR) is 64.9 cm³/mol. The summed E-state index contributed by atoms with van der Waals surface area (Å²) >= 11 is 0. The maximum Gasteiger partial charge on any atom is 0.324 e. The van der Waals surface area contributed by atoms with Gasteiger partial charge in [-0.25, -0.2) is 0 Å². The minimum atomic E-state index is -0.719. The van der Waals surface area contributed by atoms with Crippen molar-refractivity contribution in [2.45, 2.75) is 69.6 Å². The van der Waals surface area contributed by atoms with Crippen LogP contribution < -0.4 is 0 Å². The van der Waals surface area contributed by atoms with Crippen molar-refractivity contribution >= 4 is 5.97 Å². The zero-order valence-corrected chi connectivity index (χ0v) is 10.6. The molecule has 0 bridgehead atoms. The summed E-state index contributed by atoms with van der Waals surface area (Å²) < 4.78 is 0. The third-order valence-electron chi connectivity index (χ3n) is 4.62. The molecule has 0 aromatic heterocycles. The van der Waals surface area contributed by atoms with Gasteiger partial charge in [-0.1, -0.05) is 19.8 Å². The normalized spacial score (nSPS) is 39.4. The first-order valence-electron chi connectivity index (χ1n) is 6.80. The zero-order valence-electron chi connectivity index (χ0n) is 10.6. The minimum absolute atomic E-state index is 0.0577. The van der Waals surface area contributed by atoms with Crippen LogP contribution in [0.5, 0.6) is 0 Å². The van der Waals surface area contributed by atoms with Gasteiger partial charge >= 0.3 is 5.97 Å². The second kappa shape index (κ2) is 4.94. The van der Waals surface area contributed by atoms with E-state index in [-0.39, 0.29) is 12.1 Å². The molecule has 1 saturated carbocycles. The van der Waals surface area contributed by atoms with Crippen molar-refractivity contribution in [3.05, 3.63) is 0 Å². The quantitative estimate of drug-likeness (QED) is 0.788. The van der Waals surface area contributed by atoms with Crippen molar-refractivity contribution in [2.75, 3.05) is 6.54 Å². The maximum absolute atomic E-state index is 11.6. The Bertz CT molecular complexity index is 294. The number of carboxylic acids is 1. The van der Waals surface area contributed by atoms with Crippen LogP contribution in [0.3, 0.4) is 0 Å². The van der Waals surface area contributed by atoms with Gasteiger partial charge in [0, 0.05) is 6.04 Å². The summed E-state index contributed by atoms with van der Waals surface area (Å²) in [6.07, 6.45) is 5.88. The molecule has 0 aromatic carbocycles. The molecule has 0 radical (unpaired) electrons. The number of carbonyl (C=O) groups is 1. The Morgan fingerprint density at radius 2 is 2.06 bits per heavy atom. The van der Waals surface area contributed by atoms with Crippen LogP contribution in [0, 0.1) is 0 Å². The summed E-state index contributed by atoms with van der Waals surface area (Å²) in [4.78, 5) is 13.7. The van der Waals surface area contributed by atoms with Gasteiger partial charge in [0.25, 0.3) is 0 Å². The van der Waals surface area contributed by atoms with E-state index in [9.17, 15) is 15.0 Å². The molecule has 4 heteroatoms. The number of likely N-dealkylation sites (tertiary alicyclic amines) is 1. The van der Waals surface area contributed by atoms with Crippen LogP contribution in [0.1, 0.15) is 51.9 Å². The van der Waals surface area contributed by atoms with Gasteiger partial charge in [0.05, 0.1) is 6.10 Å². The first kappa shape index (κ1) is 12.8. The number of nitrogens with zero attached hydrogens (tertiary/aromatic N) is 1. The van der Waals surface area contributed by atoms with Crippen LogP contribution in [0.15, 0.2) is 0 Å². The molecule has 1 saturated heterocycles. The molecule has 2 fully saturated rings. The minimum Gasteiger partial charge on any atom is -0.480 e. The Morgan fingerprint density at radius 3 is 2.65 bits per heavy atom. The van der Waals surface area contributed by atoms with Crippen molar-refractivity contribution < 1.29 is 15.0 Å². The van der Waals surface area contributed by atoms with E-state index in [0.29, 0.717) is 6.42 Å². The Labute approximate surface area is 103 Å². The summed E-state index contributed by atoms with van der Waals surface area (Å²) in [6.45, 7) is 2.77. The highest BCUT2D eigenvalue weighted by Crippen LogP contribution is 2.38. The Kier molecular flexibility index (Phi) is 3.73. The number of aliphatic carboxylic acids is 1. The molecule has 3 unspecified atom stereocenters.